The lowest BCUT2D eigenvalue weighted by Crippen LogP contribution is -2.29. The van der Waals surface area contributed by atoms with Crippen LogP contribution in [0, 0.1) is 11.3 Å². The van der Waals surface area contributed by atoms with Crippen molar-refractivity contribution in [3.05, 3.63) is 35.9 Å². The highest BCUT2D eigenvalue weighted by Gasteiger charge is 2.06. The average molecular weight is 202 g/mol. The minimum atomic E-state index is 0.279. The van der Waals surface area contributed by atoms with Crippen molar-refractivity contribution in [3.63, 3.8) is 0 Å². The van der Waals surface area contributed by atoms with Crippen LogP contribution in [0.15, 0.2) is 30.3 Å². The van der Waals surface area contributed by atoms with Crippen LogP contribution < -0.4 is 5.32 Å². The van der Waals surface area contributed by atoms with E-state index in [-0.39, 0.29) is 6.04 Å². The molecule has 0 aromatic heterocycles. The zero-order valence-electron chi connectivity index (χ0n) is 9.40. The molecule has 80 valence electrons. The first kappa shape index (κ1) is 11.7. The van der Waals surface area contributed by atoms with Gasteiger partial charge in [0.15, 0.2) is 0 Å². The minimum absolute atomic E-state index is 0.279. The van der Waals surface area contributed by atoms with Gasteiger partial charge in [-0.25, -0.2) is 0 Å². The molecule has 2 heteroatoms. The van der Waals surface area contributed by atoms with Crippen LogP contribution >= 0.6 is 0 Å². The normalized spacial score (nSPS) is 14.2. The molecule has 15 heavy (non-hydrogen) atoms. The lowest BCUT2D eigenvalue weighted by Gasteiger charge is -2.16. The van der Waals surface area contributed by atoms with Crippen molar-refractivity contribution in [2.75, 3.05) is 6.54 Å². The van der Waals surface area contributed by atoms with Crippen molar-refractivity contribution in [1.82, 2.24) is 5.32 Å². The Hall–Kier alpha value is -1.33. The monoisotopic (exact) mass is 202 g/mol. The quantitative estimate of drug-likeness (QED) is 0.796. The van der Waals surface area contributed by atoms with Gasteiger partial charge in [-0.2, -0.15) is 5.26 Å². The lowest BCUT2D eigenvalue weighted by molar-refractivity contribution is 0.525. The van der Waals surface area contributed by atoms with Gasteiger partial charge in [-0.3, -0.25) is 0 Å². The van der Waals surface area contributed by atoms with Crippen molar-refractivity contribution >= 4 is 0 Å². The first-order valence-electron chi connectivity index (χ1n) is 5.39. The molecule has 0 fully saturated rings. The van der Waals surface area contributed by atoms with Crippen LogP contribution in [0.2, 0.25) is 0 Å². The van der Waals surface area contributed by atoms with Gasteiger partial charge >= 0.3 is 0 Å². The van der Waals surface area contributed by atoms with Crippen molar-refractivity contribution in [2.45, 2.75) is 32.2 Å². The van der Waals surface area contributed by atoms with Crippen molar-refractivity contribution in [3.8, 4) is 6.07 Å². The Bertz CT molecular complexity index is 313. The smallest absolute Gasteiger partial charge is 0.0638 e. The Balaban J connectivity index is 2.37. The van der Waals surface area contributed by atoms with Gasteiger partial charge in [-0.1, -0.05) is 37.3 Å². The Morgan fingerprint density at radius 2 is 1.93 bits per heavy atom. The van der Waals surface area contributed by atoms with Crippen molar-refractivity contribution in [1.29, 1.82) is 5.26 Å². The number of benzene rings is 1. The van der Waals surface area contributed by atoms with Crippen LogP contribution in [0.4, 0.5) is 0 Å². The van der Waals surface area contributed by atoms with Crippen LogP contribution in [-0.4, -0.2) is 12.6 Å². The molecule has 0 aliphatic rings. The number of hydrogen-bond donors (Lipinski definition) is 1. The maximum atomic E-state index is 8.53. The molecule has 0 aliphatic heterocycles. The summed E-state index contributed by atoms with van der Waals surface area (Å²) in [5, 5.41) is 11.9. The number of hydrogen-bond acceptors (Lipinski definition) is 2. The van der Waals surface area contributed by atoms with Crippen LogP contribution in [0.25, 0.3) is 0 Å². The van der Waals surface area contributed by atoms with Crippen molar-refractivity contribution in [2.24, 2.45) is 0 Å². The van der Waals surface area contributed by atoms with Gasteiger partial charge in [0.05, 0.1) is 12.5 Å². The van der Waals surface area contributed by atoms with Gasteiger partial charge in [-0.05, 0) is 18.4 Å². The van der Waals surface area contributed by atoms with Gasteiger partial charge in [-0.15, -0.1) is 0 Å². The molecule has 0 amide bonds. The predicted octanol–water partition coefficient (Wildman–Crippen LogP) is 2.68. The first-order chi connectivity index (χ1) is 7.24. The topological polar surface area (TPSA) is 35.8 Å². The number of nitriles is 1. The fourth-order valence-corrected chi connectivity index (χ4v) is 1.49. The fourth-order valence-electron chi connectivity index (χ4n) is 1.49. The van der Waals surface area contributed by atoms with E-state index in [1.165, 1.54) is 5.56 Å². The van der Waals surface area contributed by atoms with E-state index in [0.717, 1.165) is 6.54 Å². The SMILES string of the molecule is CC(CC#N)NCC(C)c1ccccc1. The Labute approximate surface area is 91.9 Å². The van der Waals surface area contributed by atoms with Gasteiger partial charge in [0.1, 0.15) is 0 Å². The second kappa shape index (κ2) is 6.21. The van der Waals surface area contributed by atoms with E-state index in [0.29, 0.717) is 12.3 Å². The number of rotatable bonds is 5. The third kappa shape index (κ3) is 4.14. The molecule has 2 atom stereocenters. The molecule has 0 spiro atoms. The Morgan fingerprint density at radius 1 is 1.27 bits per heavy atom. The summed E-state index contributed by atoms with van der Waals surface area (Å²) < 4.78 is 0. The first-order valence-corrected chi connectivity index (χ1v) is 5.39. The maximum Gasteiger partial charge on any atom is 0.0638 e. The summed E-state index contributed by atoms with van der Waals surface area (Å²) >= 11 is 0. The van der Waals surface area contributed by atoms with E-state index in [1.54, 1.807) is 0 Å². The lowest BCUT2D eigenvalue weighted by atomic mass is 10.0. The summed E-state index contributed by atoms with van der Waals surface area (Å²) in [7, 11) is 0. The molecule has 0 aliphatic carbocycles. The minimum Gasteiger partial charge on any atom is -0.313 e. The van der Waals surface area contributed by atoms with Crippen molar-refractivity contribution < 1.29 is 0 Å². The Kier molecular flexibility index (Phi) is 4.86. The molecule has 1 N–H and O–H groups in total. The van der Waals surface area contributed by atoms with Crippen LogP contribution in [0.3, 0.4) is 0 Å². The maximum absolute atomic E-state index is 8.53. The molecule has 0 saturated carbocycles. The molecule has 2 nitrogen and oxygen atoms in total. The standard InChI is InChI=1S/C13H18N2/c1-11(10-15-12(2)8-9-14)13-6-4-3-5-7-13/h3-7,11-12,15H,8,10H2,1-2H3. The summed E-state index contributed by atoms with van der Waals surface area (Å²) in [5.74, 6) is 0.493. The van der Waals surface area contributed by atoms with E-state index in [4.69, 9.17) is 5.26 Å². The highest BCUT2D eigenvalue weighted by atomic mass is 14.9. The second-order valence-electron chi connectivity index (χ2n) is 3.98. The molecular weight excluding hydrogens is 184 g/mol. The van der Waals surface area contributed by atoms with E-state index in [2.05, 4.69) is 42.6 Å². The molecule has 0 heterocycles. The molecule has 1 rings (SSSR count). The predicted molar refractivity (Wildman–Crippen MR) is 62.6 cm³/mol. The molecule has 1 aromatic carbocycles. The van der Waals surface area contributed by atoms with Crippen LogP contribution in [0.5, 0.6) is 0 Å². The summed E-state index contributed by atoms with van der Waals surface area (Å²) in [4.78, 5) is 0. The summed E-state index contributed by atoms with van der Waals surface area (Å²) in [6.45, 7) is 5.16. The number of nitrogens with zero attached hydrogens (tertiary/aromatic N) is 1. The highest BCUT2D eigenvalue weighted by molar-refractivity contribution is 5.18. The van der Waals surface area contributed by atoms with Gasteiger partial charge in [0.2, 0.25) is 0 Å². The summed E-state index contributed by atoms with van der Waals surface area (Å²) in [6.07, 6.45) is 0.571. The van der Waals surface area contributed by atoms with Gasteiger partial charge in [0.25, 0.3) is 0 Å². The van der Waals surface area contributed by atoms with E-state index < -0.39 is 0 Å². The molecule has 0 bridgehead atoms. The van der Waals surface area contributed by atoms with E-state index >= 15 is 0 Å². The van der Waals surface area contributed by atoms with Crippen LogP contribution in [-0.2, 0) is 0 Å². The summed E-state index contributed by atoms with van der Waals surface area (Å²) in [6, 6.07) is 12.9. The zero-order valence-corrected chi connectivity index (χ0v) is 9.40. The van der Waals surface area contributed by atoms with Crippen LogP contribution in [0.1, 0.15) is 31.7 Å². The second-order valence-corrected chi connectivity index (χ2v) is 3.98. The zero-order chi connectivity index (χ0) is 11.1. The highest BCUT2D eigenvalue weighted by Crippen LogP contribution is 2.13. The fraction of sp³-hybridized carbons (Fsp3) is 0.462. The summed E-state index contributed by atoms with van der Waals surface area (Å²) in [5.41, 5.74) is 1.34. The van der Waals surface area contributed by atoms with Gasteiger partial charge in [0, 0.05) is 12.6 Å². The largest absolute Gasteiger partial charge is 0.313 e. The number of nitrogens with one attached hydrogen (secondary N) is 1. The molecule has 2 unspecified atom stereocenters. The van der Waals surface area contributed by atoms with E-state index in [1.807, 2.05) is 13.0 Å². The Morgan fingerprint density at radius 3 is 2.53 bits per heavy atom. The molecule has 0 saturated heterocycles. The molecule has 1 aromatic rings. The van der Waals surface area contributed by atoms with E-state index in [9.17, 15) is 0 Å². The van der Waals surface area contributed by atoms with Gasteiger partial charge < -0.3 is 5.32 Å². The molecule has 0 radical (unpaired) electrons. The third-order valence-electron chi connectivity index (χ3n) is 2.54. The molecular formula is C13H18N2. The third-order valence-corrected chi connectivity index (χ3v) is 2.54. The average Bonchev–Trinajstić information content (AvgIpc) is 2.27.